The molecule has 18 heavy (non-hydrogen) atoms. The number of imide groups is 2. The molecule has 0 radical (unpaired) electrons. The maximum Gasteiger partial charge on any atom is 0.328 e. The van der Waals surface area contributed by atoms with E-state index in [4.69, 9.17) is 0 Å². The second kappa shape index (κ2) is 4.33. The van der Waals surface area contributed by atoms with Gasteiger partial charge in [-0.15, -0.1) is 0 Å². The lowest BCUT2D eigenvalue weighted by atomic mass is 9.87. The monoisotopic (exact) mass is 256 g/mol. The van der Waals surface area contributed by atoms with Gasteiger partial charge in [0.05, 0.1) is 0 Å². The number of amides is 4. The van der Waals surface area contributed by atoms with E-state index in [0.717, 1.165) is 19.3 Å². The topological polar surface area (TPSA) is 95.5 Å². The predicted molar refractivity (Wildman–Crippen MR) is 60.3 cm³/mol. The number of nitrogens with zero attached hydrogens (tertiary/aromatic N) is 1. The highest BCUT2D eigenvalue weighted by molar-refractivity contribution is 6.21. The number of carbonyl (C=O) groups is 3. The first-order valence-electron chi connectivity index (χ1n) is 6.23. The highest BCUT2D eigenvalue weighted by atomic mass is 16.6. The predicted octanol–water partition coefficient (Wildman–Crippen LogP) is -0.109. The van der Waals surface area contributed by atoms with E-state index in [0.29, 0.717) is 13.1 Å². The van der Waals surface area contributed by atoms with E-state index in [-0.39, 0.29) is 6.42 Å². The van der Waals surface area contributed by atoms with Crippen LogP contribution in [0.4, 0.5) is 4.79 Å². The fraction of sp³-hybridized carbons (Fsp3) is 0.727. The number of nitrogens with one attached hydrogen (secondary N) is 2. The SMILES string of the molecule is CCC1([N+]2(O)CCCCC2)C(=O)NC(=O)NC1=O. The summed E-state index contributed by atoms with van der Waals surface area (Å²) in [5.41, 5.74) is -1.60. The number of piperidine rings is 1. The summed E-state index contributed by atoms with van der Waals surface area (Å²) < 4.78 is -0.603. The molecule has 0 aromatic carbocycles. The molecule has 100 valence electrons. The molecule has 0 spiro atoms. The third-order valence-corrected chi connectivity index (χ3v) is 3.98. The number of carbonyl (C=O) groups excluding carboxylic acids is 3. The van der Waals surface area contributed by atoms with Crippen LogP contribution in [0, 0.1) is 0 Å². The van der Waals surface area contributed by atoms with Crippen LogP contribution in [0.25, 0.3) is 0 Å². The molecule has 0 aromatic heterocycles. The average molecular weight is 256 g/mol. The molecule has 4 amide bonds. The van der Waals surface area contributed by atoms with Crippen molar-refractivity contribution in [2.75, 3.05) is 13.1 Å². The largest absolute Gasteiger partial charge is 0.328 e. The summed E-state index contributed by atoms with van der Waals surface area (Å²) in [5.74, 6) is -1.41. The Morgan fingerprint density at radius 1 is 1.11 bits per heavy atom. The number of rotatable bonds is 2. The van der Waals surface area contributed by atoms with Gasteiger partial charge in [0.15, 0.2) is 0 Å². The van der Waals surface area contributed by atoms with Crippen molar-refractivity contribution in [3.05, 3.63) is 0 Å². The molecule has 0 bridgehead atoms. The summed E-state index contributed by atoms with van der Waals surface area (Å²) in [7, 11) is 0. The van der Waals surface area contributed by atoms with Crippen molar-refractivity contribution < 1.29 is 24.2 Å². The lowest BCUT2D eigenvalue weighted by molar-refractivity contribution is -1.13. The Labute approximate surface area is 105 Å². The summed E-state index contributed by atoms with van der Waals surface area (Å²) in [6.45, 7) is 2.37. The van der Waals surface area contributed by atoms with Crippen molar-refractivity contribution in [3.63, 3.8) is 0 Å². The Balaban J connectivity index is 2.42. The minimum Gasteiger partial charge on any atom is -0.272 e. The number of barbiturate groups is 1. The molecule has 3 N–H and O–H groups in total. The molecular formula is C11H18N3O4+. The number of hydrogen-bond acceptors (Lipinski definition) is 4. The third-order valence-electron chi connectivity index (χ3n) is 3.98. The Morgan fingerprint density at radius 3 is 2.06 bits per heavy atom. The zero-order valence-corrected chi connectivity index (χ0v) is 10.4. The van der Waals surface area contributed by atoms with Gasteiger partial charge >= 0.3 is 17.8 Å². The van der Waals surface area contributed by atoms with Gasteiger partial charge in [0.2, 0.25) is 0 Å². The fourth-order valence-corrected chi connectivity index (χ4v) is 2.96. The first-order valence-corrected chi connectivity index (χ1v) is 6.23. The number of quaternary nitrogens is 1. The molecule has 7 heteroatoms. The van der Waals surface area contributed by atoms with Crippen molar-refractivity contribution in [2.24, 2.45) is 0 Å². The quantitative estimate of drug-likeness (QED) is 0.474. The Hall–Kier alpha value is -1.47. The van der Waals surface area contributed by atoms with Gasteiger partial charge < -0.3 is 0 Å². The number of hydroxylamine groups is 3. The highest BCUT2D eigenvalue weighted by Gasteiger charge is 2.64. The Morgan fingerprint density at radius 2 is 1.61 bits per heavy atom. The van der Waals surface area contributed by atoms with Crippen LogP contribution in [0.15, 0.2) is 0 Å². The van der Waals surface area contributed by atoms with E-state index in [9.17, 15) is 19.6 Å². The summed E-state index contributed by atoms with van der Waals surface area (Å²) in [4.78, 5) is 35.3. The van der Waals surface area contributed by atoms with Gasteiger partial charge in [-0.3, -0.25) is 20.2 Å². The molecule has 2 aliphatic rings. The van der Waals surface area contributed by atoms with Gasteiger partial charge in [-0.1, -0.05) is 6.92 Å². The van der Waals surface area contributed by atoms with Crippen LogP contribution in [0.2, 0.25) is 0 Å². The fourth-order valence-electron chi connectivity index (χ4n) is 2.96. The smallest absolute Gasteiger partial charge is 0.272 e. The first-order chi connectivity index (χ1) is 8.46. The molecule has 2 fully saturated rings. The minimum atomic E-state index is -1.60. The van der Waals surface area contributed by atoms with E-state index in [1.807, 2.05) is 0 Å². The lowest BCUT2D eigenvalue weighted by Crippen LogP contribution is -2.79. The summed E-state index contributed by atoms with van der Waals surface area (Å²) in [5, 5.41) is 14.9. The number of hydrogen-bond donors (Lipinski definition) is 3. The molecule has 2 rings (SSSR count). The van der Waals surface area contributed by atoms with Gasteiger partial charge in [0.25, 0.3) is 5.54 Å². The molecule has 2 aliphatic heterocycles. The molecule has 0 atom stereocenters. The van der Waals surface area contributed by atoms with Gasteiger partial charge in [-0.2, -0.15) is 4.65 Å². The van der Waals surface area contributed by atoms with Gasteiger partial charge in [-0.05, 0) is 19.3 Å². The van der Waals surface area contributed by atoms with E-state index >= 15 is 0 Å². The van der Waals surface area contributed by atoms with Crippen LogP contribution in [0.3, 0.4) is 0 Å². The van der Waals surface area contributed by atoms with Gasteiger partial charge in [0.1, 0.15) is 13.1 Å². The van der Waals surface area contributed by atoms with Crippen molar-refractivity contribution in [2.45, 2.75) is 38.1 Å². The zero-order chi connectivity index (χ0) is 13.4. The molecule has 0 saturated carbocycles. The number of likely N-dealkylation sites (tertiary alicyclic amines) is 1. The van der Waals surface area contributed by atoms with E-state index in [2.05, 4.69) is 10.6 Å². The zero-order valence-electron chi connectivity index (χ0n) is 10.4. The second-order valence-corrected chi connectivity index (χ2v) is 4.88. The average Bonchev–Trinajstić information content (AvgIpc) is 2.29. The molecule has 0 unspecified atom stereocenters. The van der Waals surface area contributed by atoms with Crippen LogP contribution in [-0.2, 0) is 9.59 Å². The van der Waals surface area contributed by atoms with Gasteiger partial charge in [-0.25, -0.2) is 10.0 Å². The third kappa shape index (κ3) is 1.62. The Kier molecular flexibility index (Phi) is 3.12. The first kappa shape index (κ1) is 13.0. The minimum absolute atomic E-state index is 0.147. The van der Waals surface area contributed by atoms with Crippen LogP contribution in [0.1, 0.15) is 32.6 Å². The summed E-state index contributed by atoms with van der Waals surface area (Å²) in [6, 6.07) is -0.822. The van der Waals surface area contributed by atoms with E-state index < -0.39 is 28.0 Å². The van der Waals surface area contributed by atoms with Crippen molar-refractivity contribution in [3.8, 4) is 0 Å². The normalized spacial score (nSPS) is 26.4. The van der Waals surface area contributed by atoms with Crippen LogP contribution >= 0.6 is 0 Å². The molecular weight excluding hydrogens is 238 g/mol. The van der Waals surface area contributed by atoms with Crippen molar-refractivity contribution in [1.29, 1.82) is 0 Å². The summed E-state index contributed by atoms with van der Waals surface area (Å²) >= 11 is 0. The lowest BCUT2D eigenvalue weighted by Gasteiger charge is -2.47. The molecule has 2 heterocycles. The highest BCUT2D eigenvalue weighted by Crippen LogP contribution is 2.33. The Bertz CT molecular complexity index is 381. The molecule has 2 saturated heterocycles. The van der Waals surface area contributed by atoms with E-state index in [1.165, 1.54) is 0 Å². The summed E-state index contributed by atoms with van der Waals surface area (Å²) in [6.07, 6.45) is 2.64. The molecule has 0 aliphatic carbocycles. The standard InChI is InChI=1S/C11H17N3O4/c1-2-11(14(18)6-4-3-5-7-14)8(15)12-10(17)13-9(11)16/h18H,2-7H2,1H3,(H-,12,13,15,16,17)/p+1. The second-order valence-electron chi connectivity index (χ2n) is 4.88. The maximum atomic E-state index is 12.1. The van der Waals surface area contributed by atoms with Crippen LogP contribution in [0.5, 0.6) is 0 Å². The van der Waals surface area contributed by atoms with Gasteiger partial charge in [0, 0.05) is 6.42 Å². The molecule has 0 aromatic rings. The van der Waals surface area contributed by atoms with Crippen LogP contribution in [-0.4, -0.2) is 46.3 Å². The van der Waals surface area contributed by atoms with Crippen LogP contribution < -0.4 is 10.6 Å². The molecule has 7 nitrogen and oxygen atoms in total. The van der Waals surface area contributed by atoms with Crippen molar-refractivity contribution in [1.82, 2.24) is 10.6 Å². The van der Waals surface area contributed by atoms with E-state index in [1.54, 1.807) is 6.92 Å². The number of urea groups is 1. The maximum absolute atomic E-state index is 12.1. The van der Waals surface area contributed by atoms with Crippen molar-refractivity contribution >= 4 is 17.8 Å².